The van der Waals surface area contributed by atoms with Crippen LogP contribution in [0.2, 0.25) is 0 Å². The van der Waals surface area contributed by atoms with E-state index in [-0.39, 0.29) is 5.91 Å². The summed E-state index contributed by atoms with van der Waals surface area (Å²) in [6.07, 6.45) is 5.18. The van der Waals surface area contributed by atoms with Crippen molar-refractivity contribution in [1.29, 1.82) is 5.26 Å². The first-order chi connectivity index (χ1) is 16.4. The largest absolute Gasteiger partial charge is 0.379 e. The zero-order valence-corrected chi connectivity index (χ0v) is 19.4. The maximum Gasteiger partial charge on any atom is 0.228 e. The average molecular weight is 472 g/mol. The molecule has 34 heavy (non-hydrogen) atoms. The quantitative estimate of drug-likeness (QED) is 0.396. The number of H-pyrrole nitrogens is 1. The van der Waals surface area contributed by atoms with Crippen molar-refractivity contribution < 1.29 is 9.00 Å². The average Bonchev–Trinajstić information content (AvgIpc) is 3.44. The third-order valence-electron chi connectivity index (χ3n) is 5.83. The number of nitrogens with one attached hydrogen (secondary N) is 3. The summed E-state index contributed by atoms with van der Waals surface area (Å²) in [4.78, 5) is 23.8. The lowest BCUT2D eigenvalue weighted by atomic mass is 10.1. The van der Waals surface area contributed by atoms with E-state index in [1.165, 1.54) is 6.20 Å². The second-order valence-electron chi connectivity index (χ2n) is 7.96. The molecule has 3 aromatic heterocycles. The van der Waals surface area contributed by atoms with Gasteiger partial charge in [0.05, 0.1) is 17.7 Å². The summed E-state index contributed by atoms with van der Waals surface area (Å²) >= 11 is 0. The normalized spacial score (nSPS) is 13.3. The summed E-state index contributed by atoms with van der Waals surface area (Å²) in [7, 11) is 0.508. The van der Waals surface area contributed by atoms with Crippen LogP contribution in [0.4, 0.5) is 17.2 Å². The molecule has 0 aliphatic carbocycles. The summed E-state index contributed by atoms with van der Waals surface area (Å²) in [6.45, 7) is 0.379. The zero-order valence-electron chi connectivity index (χ0n) is 18.5. The fourth-order valence-corrected chi connectivity index (χ4v) is 4.45. The molecule has 3 N–H and O–H groups in total. The summed E-state index contributed by atoms with van der Waals surface area (Å²) in [5, 5.41) is 16.7. The third kappa shape index (κ3) is 3.86. The number of amides is 1. The summed E-state index contributed by atoms with van der Waals surface area (Å²) in [6, 6.07) is 13.7. The molecule has 4 aromatic rings. The smallest absolute Gasteiger partial charge is 0.228 e. The molecule has 1 atom stereocenters. The number of carbonyl (C=O) groups is 1. The Bertz CT molecular complexity index is 1510. The van der Waals surface area contributed by atoms with Gasteiger partial charge in [-0.2, -0.15) is 5.26 Å². The van der Waals surface area contributed by atoms with Gasteiger partial charge in [0.2, 0.25) is 5.91 Å². The minimum absolute atomic E-state index is 0.0112. The molecule has 0 spiro atoms. The molecule has 4 heterocycles. The molecule has 0 radical (unpaired) electrons. The van der Waals surface area contributed by atoms with Crippen molar-refractivity contribution in [3.8, 4) is 17.3 Å². The van der Waals surface area contributed by atoms with Crippen molar-refractivity contribution in [1.82, 2.24) is 15.0 Å². The number of nitriles is 1. The van der Waals surface area contributed by atoms with Crippen LogP contribution >= 0.6 is 0 Å². The monoisotopic (exact) mass is 471 g/mol. The van der Waals surface area contributed by atoms with E-state index in [4.69, 9.17) is 0 Å². The first kappa shape index (κ1) is 21.6. The summed E-state index contributed by atoms with van der Waals surface area (Å²) < 4.78 is 13.6. The molecular weight excluding hydrogens is 450 g/mol. The van der Waals surface area contributed by atoms with E-state index in [1.54, 1.807) is 23.8 Å². The number of aromatic amines is 1. The second-order valence-corrected chi connectivity index (χ2v) is 9.36. The van der Waals surface area contributed by atoms with Crippen LogP contribution in [0.25, 0.3) is 22.3 Å². The molecular formula is C24H21N7O2S. The molecule has 0 saturated heterocycles. The van der Waals surface area contributed by atoms with E-state index in [0.717, 1.165) is 33.5 Å². The number of hydrogen-bond acceptors (Lipinski definition) is 6. The number of nitrogens with zero attached hydrogens (tertiary/aromatic N) is 4. The molecule has 0 bridgehead atoms. The number of anilines is 3. The van der Waals surface area contributed by atoms with Gasteiger partial charge in [0.15, 0.2) is 0 Å². The number of aromatic nitrogens is 3. The van der Waals surface area contributed by atoms with Crippen molar-refractivity contribution in [2.24, 2.45) is 0 Å². The molecule has 1 amide bonds. The molecule has 0 fully saturated rings. The first-order valence-corrected chi connectivity index (χ1v) is 12.1. The Morgan fingerprint density at radius 2 is 2.12 bits per heavy atom. The maximum absolute atomic E-state index is 12.0. The summed E-state index contributed by atoms with van der Waals surface area (Å²) in [5.41, 5.74) is 6.07. The lowest BCUT2D eigenvalue weighted by molar-refractivity contribution is -0.115. The van der Waals surface area contributed by atoms with Crippen LogP contribution in [0.15, 0.2) is 48.8 Å². The molecule has 9 nitrogen and oxygen atoms in total. The van der Waals surface area contributed by atoms with Crippen LogP contribution < -0.4 is 14.9 Å². The third-order valence-corrected chi connectivity index (χ3v) is 6.78. The summed E-state index contributed by atoms with van der Waals surface area (Å²) in [5.74, 6) is 0.595. The molecule has 10 heteroatoms. The van der Waals surface area contributed by atoms with Crippen LogP contribution in [0.3, 0.4) is 0 Å². The highest BCUT2D eigenvalue weighted by molar-refractivity contribution is 7.85. The van der Waals surface area contributed by atoms with Gasteiger partial charge in [-0.15, -0.1) is 0 Å². The van der Waals surface area contributed by atoms with Gasteiger partial charge in [0, 0.05) is 60.1 Å². The minimum Gasteiger partial charge on any atom is -0.379 e. The van der Waals surface area contributed by atoms with Gasteiger partial charge in [0.25, 0.3) is 0 Å². The van der Waals surface area contributed by atoms with Gasteiger partial charge >= 0.3 is 0 Å². The van der Waals surface area contributed by atoms with Crippen molar-refractivity contribution in [3.63, 3.8) is 0 Å². The van der Waals surface area contributed by atoms with Crippen molar-refractivity contribution in [3.05, 3.63) is 65.5 Å². The number of rotatable bonds is 6. The fraction of sp³-hybridized carbons (Fsp3) is 0.167. The number of carbonyl (C=O) groups excluding carboxylic acids is 1. The van der Waals surface area contributed by atoms with Gasteiger partial charge in [0.1, 0.15) is 28.5 Å². The van der Waals surface area contributed by atoms with Crippen molar-refractivity contribution in [2.45, 2.75) is 13.0 Å². The molecule has 1 unspecified atom stereocenters. The molecule has 170 valence electrons. The Balaban J connectivity index is 1.51. The van der Waals surface area contributed by atoms with Crippen LogP contribution in [0, 0.1) is 11.3 Å². The van der Waals surface area contributed by atoms with Crippen LogP contribution in [-0.2, 0) is 28.7 Å². The van der Waals surface area contributed by atoms with Crippen molar-refractivity contribution in [2.75, 3.05) is 28.2 Å². The SMILES string of the molecule is CN(c1ncccc1CNc1c(C#N)cnc2[nH]c(-c3ccc4c(c3)NC(=O)C4)cc12)S(C)=O. The predicted octanol–water partition coefficient (Wildman–Crippen LogP) is 3.33. The van der Waals surface area contributed by atoms with Gasteiger partial charge in [-0.05, 0) is 23.8 Å². The Kier molecular flexibility index (Phi) is 5.47. The Hall–Kier alpha value is -4.23. The first-order valence-electron chi connectivity index (χ1n) is 10.5. The second kappa shape index (κ2) is 8.61. The highest BCUT2D eigenvalue weighted by atomic mass is 32.2. The van der Waals surface area contributed by atoms with Crippen LogP contribution in [-0.4, -0.2) is 38.4 Å². The lowest BCUT2D eigenvalue weighted by Gasteiger charge is -2.18. The molecule has 1 aromatic carbocycles. The van der Waals surface area contributed by atoms with E-state index >= 15 is 0 Å². The van der Waals surface area contributed by atoms with E-state index in [1.807, 2.05) is 36.4 Å². The van der Waals surface area contributed by atoms with Gasteiger partial charge in [-0.1, -0.05) is 18.2 Å². The van der Waals surface area contributed by atoms with Gasteiger partial charge < -0.3 is 15.6 Å². The number of benzene rings is 1. The van der Waals surface area contributed by atoms with E-state index in [9.17, 15) is 14.3 Å². The molecule has 1 aliphatic heterocycles. The Morgan fingerprint density at radius 3 is 2.91 bits per heavy atom. The van der Waals surface area contributed by atoms with Crippen LogP contribution in [0.5, 0.6) is 0 Å². The molecule has 1 aliphatic rings. The minimum atomic E-state index is -1.22. The van der Waals surface area contributed by atoms with Gasteiger partial charge in [-0.3, -0.25) is 9.10 Å². The fourth-order valence-electron chi connectivity index (χ4n) is 4.04. The maximum atomic E-state index is 12.0. The van der Waals surface area contributed by atoms with E-state index < -0.39 is 11.0 Å². The molecule has 0 saturated carbocycles. The molecule has 5 rings (SSSR count). The number of pyridine rings is 2. The topological polar surface area (TPSA) is 127 Å². The van der Waals surface area contributed by atoms with E-state index in [0.29, 0.717) is 35.7 Å². The van der Waals surface area contributed by atoms with E-state index in [2.05, 4.69) is 31.7 Å². The number of hydrogen-bond donors (Lipinski definition) is 3. The van der Waals surface area contributed by atoms with Crippen molar-refractivity contribution >= 4 is 45.1 Å². The standard InChI is InChI=1S/C24H21N7O2S/c1-31(34(2)33)24-16(4-3-7-26-24)12-27-22-17(11-25)13-28-23-18(22)10-20(30-23)14-5-6-15-9-21(32)29-19(15)8-14/h3-8,10,13H,9,12H2,1-2H3,(H,29,32)(H2,27,28,30). The highest BCUT2D eigenvalue weighted by Gasteiger charge is 2.19. The highest BCUT2D eigenvalue weighted by Crippen LogP contribution is 2.34. The Labute approximate surface area is 198 Å². The van der Waals surface area contributed by atoms with Gasteiger partial charge in [-0.25, -0.2) is 14.2 Å². The van der Waals surface area contributed by atoms with Crippen LogP contribution in [0.1, 0.15) is 16.7 Å². The lowest BCUT2D eigenvalue weighted by Crippen LogP contribution is -2.22. The predicted molar refractivity (Wildman–Crippen MR) is 133 cm³/mol. The number of fused-ring (bicyclic) bond motifs is 2. The zero-order chi connectivity index (χ0) is 23.8. The Morgan fingerprint density at radius 1 is 1.26 bits per heavy atom.